The number of hydrogen-bond acceptors (Lipinski definition) is 6. The summed E-state index contributed by atoms with van der Waals surface area (Å²) in [6, 6.07) is 20.5. The molecule has 0 aliphatic heterocycles. The molecular weight excluding hydrogens is 412 g/mol. The maximum atomic E-state index is 10.9. The fourth-order valence-electron chi connectivity index (χ4n) is 3.39. The van der Waals surface area contributed by atoms with Gasteiger partial charge in [-0.25, -0.2) is 0 Å². The number of rotatable bonds is 8. The van der Waals surface area contributed by atoms with Gasteiger partial charge in [0.1, 0.15) is 6.61 Å². The van der Waals surface area contributed by atoms with E-state index in [2.05, 4.69) is 5.16 Å². The molecule has 0 amide bonds. The Balaban J connectivity index is 1.50. The van der Waals surface area contributed by atoms with E-state index in [0.29, 0.717) is 12.1 Å². The molecular formula is C23H18N4O5. The molecule has 0 unspecified atom stereocenters. The van der Waals surface area contributed by atoms with Crippen molar-refractivity contribution in [1.82, 2.24) is 4.57 Å². The van der Waals surface area contributed by atoms with E-state index in [-0.39, 0.29) is 18.0 Å². The topological polar surface area (TPSA) is 113 Å². The number of oxime groups is 1. The normalized spacial score (nSPS) is 11.1. The molecule has 0 atom stereocenters. The zero-order valence-electron chi connectivity index (χ0n) is 16.8. The SMILES string of the molecule is O=[N+]([O-])c1ccc(Cn2cc(/C=N\OCc3cccc([N+](=O)[O-])c3)c3ccccc32)cc1. The monoisotopic (exact) mass is 430 g/mol. The van der Waals surface area contributed by atoms with Gasteiger partial charge in [0.25, 0.3) is 11.4 Å². The van der Waals surface area contributed by atoms with Crippen LogP contribution in [0, 0.1) is 20.2 Å². The number of hydrogen-bond donors (Lipinski definition) is 0. The summed E-state index contributed by atoms with van der Waals surface area (Å²) in [6.07, 6.45) is 3.54. The molecule has 0 fully saturated rings. The van der Waals surface area contributed by atoms with E-state index in [9.17, 15) is 20.2 Å². The minimum atomic E-state index is -0.452. The summed E-state index contributed by atoms with van der Waals surface area (Å²) >= 11 is 0. The van der Waals surface area contributed by atoms with E-state index in [1.807, 2.05) is 35.0 Å². The highest BCUT2D eigenvalue weighted by atomic mass is 16.6. The molecule has 0 saturated heterocycles. The van der Waals surface area contributed by atoms with Gasteiger partial charge < -0.3 is 9.40 Å². The average Bonchev–Trinajstić information content (AvgIpc) is 3.15. The smallest absolute Gasteiger partial charge is 0.269 e. The summed E-state index contributed by atoms with van der Waals surface area (Å²) in [6.45, 7) is 0.653. The van der Waals surface area contributed by atoms with Crippen LogP contribution in [-0.2, 0) is 18.0 Å². The van der Waals surface area contributed by atoms with Crippen molar-refractivity contribution >= 4 is 28.5 Å². The lowest BCUT2D eigenvalue weighted by Crippen LogP contribution is -1.98. The van der Waals surface area contributed by atoms with Crippen LogP contribution in [0.4, 0.5) is 11.4 Å². The van der Waals surface area contributed by atoms with Crippen LogP contribution in [0.3, 0.4) is 0 Å². The van der Waals surface area contributed by atoms with E-state index < -0.39 is 9.85 Å². The van der Waals surface area contributed by atoms with Gasteiger partial charge in [0, 0.05) is 53.5 Å². The summed E-state index contributed by atoms with van der Waals surface area (Å²) in [5.74, 6) is 0. The fraction of sp³-hybridized carbons (Fsp3) is 0.0870. The molecule has 0 radical (unpaired) electrons. The van der Waals surface area contributed by atoms with E-state index in [4.69, 9.17) is 4.84 Å². The molecule has 32 heavy (non-hydrogen) atoms. The Kier molecular flexibility index (Phi) is 5.89. The van der Waals surface area contributed by atoms with Gasteiger partial charge in [-0.3, -0.25) is 20.2 Å². The van der Waals surface area contributed by atoms with Crippen LogP contribution in [0.25, 0.3) is 10.9 Å². The first-order valence-electron chi connectivity index (χ1n) is 9.71. The number of benzene rings is 3. The number of fused-ring (bicyclic) bond motifs is 1. The van der Waals surface area contributed by atoms with E-state index in [1.54, 1.807) is 30.5 Å². The Hall–Kier alpha value is -4.53. The van der Waals surface area contributed by atoms with Crippen LogP contribution in [-0.4, -0.2) is 20.6 Å². The van der Waals surface area contributed by atoms with Crippen LogP contribution in [0.2, 0.25) is 0 Å². The van der Waals surface area contributed by atoms with Crippen molar-refractivity contribution in [1.29, 1.82) is 0 Å². The molecule has 1 aromatic heterocycles. The predicted molar refractivity (Wildman–Crippen MR) is 120 cm³/mol. The molecule has 4 aromatic rings. The predicted octanol–water partition coefficient (Wildman–Crippen LogP) is 5.06. The number of para-hydroxylation sites is 1. The Labute approximate surface area is 182 Å². The van der Waals surface area contributed by atoms with Gasteiger partial charge in [0.05, 0.1) is 16.1 Å². The number of aromatic nitrogens is 1. The Morgan fingerprint density at radius 2 is 1.62 bits per heavy atom. The van der Waals surface area contributed by atoms with Crippen molar-refractivity contribution in [2.75, 3.05) is 0 Å². The first-order valence-corrected chi connectivity index (χ1v) is 9.71. The molecule has 0 saturated carbocycles. The molecule has 0 spiro atoms. The quantitative estimate of drug-likeness (QED) is 0.220. The highest BCUT2D eigenvalue weighted by Gasteiger charge is 2.09. The highest BCUT2D eigenvalue weighted by Crippen LogP contribution is 2.22. The van der Waals surface area contributed by atoms with E-state index in [1.165, 1.54) is 24.3 Å². The van der Waals surface area contributed by atoms with Crippen LogP contribution in [0.5, 0.6) is 0 Å². The minimum Gasteiger partial charge on any atom is -0.391 e. The van der Waals surface area contributed by atoms with Crippen LogP contribution in [0.15, 0.2) is 84.1 Å². The molecule has 160 valence electrons. The van der Waals surface area contributed by atoms with Crippen molar-refractivity contribution < 1.29 is 14.7 Å². The second-order valence-electron chi connectivity index (χ2n) is 7.09. The third-order valence-electron chi connectivity index (χ3n) is 4.94. The van der Waals surface area contributed by atoms with Crippen molar-refractivity contribution in [2.45, 2.75) is 13.2 Å². The van der Waals surface area contributed by atoms with Crippen LogP contribution in [0.1, 0.15) is 16.7 Å². The molecule has 0 bridgehead atoms. The van der Waals surface area contributed by atoms with Gasteiger partial charge in [-0.1, -0.05) is 47.6 Å². The molecule has 0 aliphatic carbocycles. The number of non-ortho nitro benzene ring substituents is 2. The van der Waals surface area contributed by atoms with Gasteiger partial charge in [-0.05, 0) is 17.2 Å². The molecule has 1 heterocycles. The summed E-state index contributed by atoms with van der Waals surface area (Å²) in [4.78, 5) is 26.2. The average molecular weight is 430 g/mol. The maximum absolute atomic E-state index is 10.9. The summed E-state index contributed by atoms with van der Waals surface area (Å²) in [7, 11) is 0. The molecule has 4 rings (SSSR count). The van der Waals surface area contributed by atoms with Gasteiger partial charge in [-0.15, -0.1) is 0 Å². The summed E-state index contributed by atoms with van der Waals surface area (Å²) in [5.41, 5.74) is 3.48. The van der Waals surface area contributed by atoms with Gasteiger partial charge in [-0.2, -0.15) is 0 Å². The number of nitro groups is 2. The minimum absolute atomic E-state index is 0.00407. The molecule has 0 N–H and O–H groups in total. The van der Waals surface area contributed by atoms with Crippen molar-refractivity contribution in [3.63, 3.8) is 0 Å². The molecule has 3 aromatic carbocycles. The largest absolute Gasteiger partial charge is 0.391 e. The Morgan fingerprint density at radius 1 is 0.875 bits per heavy atom. The van der Waals surface area contributed by atoms with Crippen molar-refractivity contribution in [3.8, 4) is 0 Å². The Morgan fingerprint density at radius 3 is 2.38 bits per heavy atom. The molecule has 9 nitrogen and oxygen atoms in total. The Bertz CT molecular complexity index is 1310. The summed E-state index contributed by atoms with van der Waals surface area (Å²) in [5, 5.41) is 26.7. The zero-order valence-corrected chi connectivity index (χ0v) is 16.8. The van der Waals surface area contributed by atoms with Crippen molar-refractivity contribution in [2.24, 2.45) is 5.16 Å². The molecule has 9 heteroatoms. The van der Waals surface area contributed by atoms with E-state index >= 15 is 0 Å². The van der Waals surface area contributed by atoms with Crippen LogP contribution < -0.4 is 0 Å². The van der Waals surface area contributed by atoms with Gasteiger partial charge in [0.2, 0.25) is 0 Å². The fourth-order valence-corrected chi connectivity index (χ4v) is 3.39. The molecule has 0 aliphatic rings. The lowest BCUT2D eigenvalue weighted by molar-refractivity contribution is -0.385. The number of nitro benzene ring substituents is 2. The van der Waals surface area contributed by atoms with Crippen molar-refractivity contribution in [3.05, 3.63) is 116 Å². The van der Waals surface area contributed by atoms with Gasteiger partial charge >= 0.3 is 0 Å². The van der Waals surface area contributed by atoms with Gasteiger partial charge in [0.15, 0.2) is 0 Å². The number of nitrogens with zero attached hydrogens (tertiary/aromatic N) is 4. The lowest BCUT2D eigenvalue weighted by atomic mass is 10.2. The summed E-state index contributed by atoms with van der Waals surface area (Å²) < 4.78 is 2.04. The third kappa shape index (κ3) is 4.62. The first kappa shape index (κ1) is 20.7. The van der Waals surface area contributed by atoms with E-state index in [0.717, 1.165) is 22.0 Å². The second kappa shape index (κ2) is 9.09. The first-order chi connectivity index (χ1) is 15.5. The third-order valence-corrected chi connectivity index (χ3v) is 4.94. The maximum Gasteiger partial charge on any atom is 0.269 e. The highest BCUT2D eigenvalue weighted by molar-refractivity contribution is 5.99. The van der Waals surface area contributed by atoms with Crippen LogP contribution >= 0.6 is 0 Å². The lowest BCUT2D eigenvalue weighted by Gasteiger charge is -2.05. The zero-order chi connectivity index (χ0) is 22.5. The second-order valence-corrected chi connectivity index (χ2v) is 7.09. The standard InChI is InChI=1S/C23H18N4O5/c28-26(29)20-10-8-17(9-11-20)14-25-15-19(22-6-1-2-7-23(22)25)13-24-32-16-18-4-3-5-21(12-18)27(30)31/h1-13,15H,14,16H2/b24-13-.